The van der Waals surface area contributed by atoms with E-state index in [4.69, 9.17) is 9.52 Å². The second-order valence-corrected chi connectivity index (χ2v) is 5.06. The zero-order valence-electron chi connectivity index (χ0n) is 10.3. The first-order chi connectivity index (χ1) is 9.08. The maximum atomic E-state index is 12.0. The van der Waals surface area contributed by atoms with Crippen molar-refractivity contribution in [3.05, 3.63) is 46.0 Å². The highest BCUT2D eigenvalue weighted by molar-refractivity contribution is 7.09. The Morgan fingerprint density at radius 1 is 1.32 bits per heavy atom. The van der Waals surface area contributed by atoms with Gasteiger partial charge in [0.1, 0.15) is 0 Å². The first-order valence-corrected chi connectivity index (χ1v) is 6.57. The molecule has 0 aliphatic rings. The third kappa shape index (κ3) is 3.23. The highest BCUT2D eigenvalue weighted by Gasteiger charge is 2.18. The lowest BCUT2D eigenvalue weighted by molar-refractivity contribution is 0.0654. The van der Waals surface area contributed by atoms with Crippen LogP contribution >= 0.6 is 11.3 Å². The van der Waals surface area contributed by atoms with Gasteiger partial charge in [0.05, 0.1) is 0 Å². The Hall–Kier alpha value is -2.08. The normalized spacial score (nSPS) is 10.4. The number of carbonyl (C=O) groups excluding carboxylic acids is 1. The number of hydrogen-bond donors (Lipinski definition) is 1. The largest absolute Gasteiger partial charge is 0.475 e. The van der Waals surface area contributed by atoms with E-state index >= 15 is 0 Å². The third-order valence-electron chi connectivity index (χ3n) is 2.65. The SMILES string of the molecule is CN(CCc1cccs1)C(=O)c1ccc(C(=O)O)o1. The summed E-state index contributed by atoms with van der Waals surface area (Å²) in [6.07, 6.45) is 0.770. The van der Waals surface area contributed by atoms with Gasteiger partial charge in [-0.1, -0.05) is 6.07 Å². The molecule has 0 saturated carbocycles. The number of thiophene rings is 1. The number of hydrogen-bond acceptors (Lipinski definition) is 4. The quantitative estimate of drug-likeness (QED) is 0.912. The topological polar surface area (TPSA) is 70.8 Å². The summed E-state index contributed by atoms with van der Waals surface area (Å²) in [5, 5.41) is 10.7. The van der Waals surface area contributed by atoms with Gasteiger partial charge in [0, 0.05) is 18.5 Å². The number of likely N-dealkylation sites (N-methyl/N-ethyl adjacent to an activating group) is 1. The van der Waals surface area contributed by atoms with Gasteiger partial charge >= 0.3 is 5.97 Å². The summed E-state index contributed by atoms with van der Waals surface area (Å²) < 4.78 is 4.98. The van der Waals surface area contributed by atoms with Gasteiger partial charge in [-0.15, -0.1) is 11.3 Å². The van der Waals surface area contributed by atoms with E-state index in [2.05, 4.69) is 0 Å². The van der Waals surface area contributed by atoms with Crippen molar-refractivity contribution in [1.82, 2.24) is 4.90 Å². The van der Waals surface area contributed by atoms with Gasteiger partial charge in [-0.25, -0.2) is 4.79 Å². The van der Waals surface area contributed by atoms with E-state index in [-0.39, 0.29) is 17.4 Å². The maximum absolute atomic E-state index is 12.0. The lowest BCUT2D eigenvalue weighted by Gasteiger charge is -2.14. The second-order valence-electron chi connectivity index (χ2n) is 4.03. The molecule has 1 amide bonds. The molecule has 0 aromatic carbocycles. The summed E-state index contributed by atoms with van der Waals surface area (Å²) in [4.78, 5) is 25.4. The van der Waals surface area contributed by atoms with Crippen molar-refractivity contribution >= 4 is 23.2 Å². The van der Waals surface area contributed by atoms with E-state index in [0.717, 1.165) is 6.42 Å². The Morgan fingerprint density at radius 3 is 2.63 bits per heavy atom. The van der Waals surface area contributed by atoms with E-state index < -0.39 is 5.97 Å². The average molecular weight is 279 g/mol. The van der Waals surface area contributed by atoms with Gasteiger partial charge < -0.3 is 14.4 Å². The van der Waals surface area contributed by atoms with Crippen LogP contribution in [-0.2, 0) is 6.42 Å². The van der Waals surface area contributed by atoms with Crippen molar-refractivity contribution in [2.75, 3.05) is 13.6 Å². The molecule has 0 saturated heterocycles. The van der Waals surface area contributed by atoms with Crippen molar-refractivity contribution in [3.63, 3.8) is 0 Å². The van der Waals surface area contributed by atoms with Crippen LogP contribution < -0.4 is 0 Å². The Labute approximate surface area is 114 Å². The number of nitrogens with zero attached hydrogens (tertiary/aromatic N) is 1. The number of amides is 1. The fourth-order valence-electron chi connectivity index (χ4n) is 1.59. The van der Waals surface area contributed by atoms with Crippen LogP contribution in [0.4, 0.5) is 0 Å². The molecule has 100 valence electrons. The lowest BCUT2D eigenvalue weighted by Crippen LogP contribution is -2.28. The van der Waals surface area contributed by atoms with Crippen LogP contribution in [0.3, 0.4) is 0 Å². The van der Waals surface area contributed by atoms with Crippen LogP contribution in [0.25, 0.3) is 0 Å². The summed E-state index contributed by atoms with van der Waals surface area (Å²) in [6.45, 7) is 0.558. The van der Waals surface area contributed by atoms with Gasteiger partial charge in [0.25, 0.3) is 5.91 Å². The number of carboxylic acids is 1. The third-order valence-corrected chi connectivity index (χ3v) is 3.58. The zero-order valence-corrected chi connectivity index (χ0v) is 11.1. The van der Waals surface area contributed by atoms with Gasteiger partial charge in [-0.05, 0) is 30.0 Å². The molecule has 2 heterocycles. The maximum Gasteiger partial charge on any atom is 0.371 e. The molecule has 0 atom stereocenters. The molecule has 0 radical (unpaired) electrons. The minimum Gasteiger partial charge on any atom is -0.475 e. The standard InChI is InChI=1S/C13H13NO4S/c1-14(7-6-9-3-2-8-19-9)12(15)10-4-5-11(18-10)13(16)17/h2-5,8H,6-7H2,1H3,(H,16,17). The average Bonchev–Trinajstić information content (AvgIpc) is 3.05. The number of furan rings is 1. The first-order valence-electron chi connectivity index (χ1n) is 5.69. The number of carboxylic acid groups (broad SMARTS) is 1. The summed E-state index contributed by atoms with van der Waals surface area (Å²) in [5.74, 6) is -1.68. The number of carbonyl (C=O) groups is 2. The van der Waals surface area contributed by atoms with Crippen molar-refractivity contribution in [3.8, 4) is 0 Å². The Morgan fingerprint density at radius 2 is 2.05 bits per heavy atom. The Balaban J connectivity index is 1.96. The molecule has 1 N–H and O–H groups in total. The molecular formula is C13H13NO4S. The van der Waals surface area contributed by atoms with Crippen molar-refractivity contribution in [2.45, 2.75) is 6.42 Å². The van der Waals surface area contributed by atoms with Crippen molar-refractivity contribution in [1.29, 1.82) is 0 Å². The van der Waals surface area contributed by atoms with Crippen molar-refractivity contribution in [2.24, 2.45) is 0 Å². The van der Waals surface area contributed by atoms with E-state index in [1.54, 1.807) is 18.4 Å². The van der Waals surface area contributed by atoms with E-state index in [1.165, 1.54) is 21.9 Å². The van der Waals surface area contributed by atoms with E-state index in [9.17, 15) is 9.59 Å². The highest BCUT2D eigenvalue weighted by Crippen LogP contribution is 2.12. The van der Waals surface area contributed by atoms with Crippen LogP contribution in [0.1, 0.15) is 26.0 Å². The number of aromatic carboxylic acids is 1. The van der Waals surface area contributed by atoms with Gasteiger partial charge in [0.2, 0.25) is 5.76 Å². The van der Waals surface area contributed by atoms with Crippen molar-refractivity contribution < 1.29 is 19.1 Å². The zero-order chi connectivity index (χ0) is 13.8. The second kappa shape index (κ2) is 5.71. The molecule has 0 spiro atoms. The minimum atomic E-state index is -1.18. The molecule has 0 bridgehead atoms. The Bertz CT molecular complexity index is 573. The predicted molar refractivity (Wildman–Crippen MR) is 70.7 cm³/mol. The summed E-state index contributed by atoms with van der Waals surface area (Å²) in [5.41, 5.74) is 0. The molecule has 2 aromatic heterocycles. The summed E-state index contributed by atoms with van der Waals surface area (Å²) in [6, 6.07) is 6.64. The Kier molecular flexibility index (Phi) is 4.01. The van der Waals surface area contributed by atoms with Crippen LogP contribution in [0.5, 0.6) is 0 Å². The smallest absolute Gasteiger partial charge is 0.371 e. The lowest BCUT2D eigenvalue weighted by atomic mass is 10.3. The van der Waals surface area contributed by atoms with Crippen LogP contribution in [0.15, 0.2) is 34.1 Å². The van der Waals surface area contributed by atoms with E-state index in [1.807, 2.05) is 17.5 Å². The molecule has 2 aromatic rings. The number of rotatable bonds is 5. The predicted octanol–water partition coefficient (Wildman–Crippen LogP) is 2.35. The molecule has 0 fully saturated rings. The highest BCUT2D eigenvalue weighted by atomic mass is 32.1. The molecule has 0 aliphatic heterocycles. The summed E-state index contributed by atoms with van der Waals surface area (Å²) in [7, 11) is 1.67. The molecule has 2 rings (SSSR count). The molecule has 0 aliphatic carbocycles. The summed E-state index contributed by atoms with van der Waals surface area (Å²) >= 11 is 1.64. The molecule has 6 heteroatoms. The fraction of sp³-hybridized carbons (Fsp3) is 0.231. The molecule has 19 heavy (non-hydrogen) atoms. The fourth-order valence-corrected chi connectivity index (χ4v) is 2.29. The minimum absolute atomic E-state index is 0.0473. The van der Waals surface area contributed by atoms with E-state index in [0.29, 0.717) is 6.54 Å². The van der Waals surface area contributed by atoms with Gasteiger partial charge in [0.15, 0.2) is 5.76 Å². The molecule has 5 nitrogen and oxygen atoms in total. The van der Waals surface area contributed by atoms with Gasteiger partial charge in [-0.3, -0.25) is 4.79 Å². The van der Waals surface area contributed by atoms with Crippen LogP contribution in [0, 0.1) is 0 Å². The monoisotopic (exact) mass is 279 g/mol. The van der Waals surface area contributed by atoms with Gasteiger partial charge in [-0.2, -0.15) is 0 Å². The molecular weight excluding hydrogens is 266 g/mol. The van der Waals surface area contributed by atoms with Crippen LogP contribution in [-0.4, -0.2) is 35.5 Å². The van der Waals surface area contributed by atoms with Crippen LogP contribution in [0.2, 0.25) is 0 Å². The molecule has 0 unspecified atom stereocenters. The first kappa shape index (κ1) is 13.4.